The minimum atomic E-state index is -0.478. The maximum atomic E-state index is 11.7. The van der Waals surface area contributed by atoms with Gasteiger partial charge in [-0.25, -0.2) is 0 Å². The molecule has 1 aromatic carbocycles. The van der Waals surface area contributed by atoms with Gasteiger partial charge in [0, 0.05) is 4.47 Å². The fourth-order valence-electron chi connectivity index (χ4n) is 1.13. The van der Waals surface area contributed by atoms with E-state index >= 15 is 0 Å². The zero-order valence-electron chi connectivity index (χ0n) is 9.13. The van der Waals surface area contributed by atoms with Crippen LogP contribution in [0.25, 0.3) is 0 Å². The van der Waals surface area contributed by atoms with Crippen molar-refractivity contribution in [3.05, 3.63) is 33.3 Å². The predicted molar refractivity (Wildman–Crippen MR) is 68.1 cm³/mol. The van der Waals surface area contributed by atoms with Gasteiger partial charge in [-0.15, -0.1) is 0 Å². The van der Waals surface area contributed by atoms with Crippen molar-refractivity contribution in [2.75, 3.05) is 13.2 Å². The largest absolute Gasteiger partial charge is 0.465 e. The lowest BCUT2D eigenvalue weighted by atomic mass is 10.2. The van der Waals surface area contributed by atoms with Gasteiger partial charge in [-0.2, -0.15) is 0 Å². The number of amides is 1. The lowest BCUT2D eigenvalue weighted by Crippen LogP contribution is -2.30. The SMILES string of the molecule is CCOC(=O)CNC(=O)c1ccc(Br)cc1Cl. The van der Waals surface area contributed by atoms with Crippen LogP contribution in [0.4, 0.5) is 0 Å². The summed E-state index contributed by atoms with van der Waals surface area (Å²) in [5.41, 5.74) is 0.319. The molecule has 0 aliphatic rings. The molecule has 6 heteroatoms. The van der Waals surface area contributed by atoms with Crippen molar-refractivity contribution >= 4 is 39.4 Å². The van der Waals surface area contributed by atoms with Crippen LogP contribution >= 0.6 is 27.5 Å². The Morgan fingerprint density at radius 2 is 2.18 bits per heavy atom. The summed E-state index contributed by atoms with van der Waals surface area (Å²) in [4.78, 5) is 22.7. The van der Waals surface area contributed by atoms with E-state index in [1.807, 2.05) is 0 Å². The van der Waals surface area contributed by atoms with Crippen molar-refractivity contribution in [1.29, 1.82) is 0 Å². The molecule has 0 saturated heterocycles. The van der Waals surface area contributed by atoms with Crippen molar-refractivity contribution < 1.29 is 14.3 Å². The van der Waals surface area contributed by atoms with Gasteiger partial charge in [-0.1, -0.05) is 27.5 Å². The van der Waals surface area contributed by atoms with Gasteiger partial charge in [0.2, 0.25) is 0 Å². The molecule has 1 rings (SSSR count). The Morgan fingerprint density at radius 1 is 1.47 bits per heavy atom. The van der Waals surface area contributed by atoms with Gasteiger partial charge >= 0.3 is 5.97 Å². The Hall–Kier alpha value is -1.07. The molecule has 92 valence electrons. The van der Waals surface area contributed by atoms with Crippen molar-refractivity contribution in [2.45, 2.75) is 6.92 Å². The number of halogens is 2. The van der Waals surface area contributed by atoms with E-state index < -0.39 is 11.9 Å². The van der Waals surface area contributed by atoms with Crippen molar-refractivity contribution in [1.82, 2.24) is 5.32 Å². The molecule has 0 radical (unpaired) electrons. The maximum Gasteiger partial charge on any atom is 0.325 e. The molecule has 0 aliphatic carbocycles. The van der Waals surface area contributed by atoms with Gasteiger partial charge in [0.05, 0.1) is 17.2 Å². The highest BCUT2D eigenvalue weighted by atomic mass is 79.9. The summed E-state index contributed by atoms with van der Waals surface area (Å²) < 4.78 is 5.47. The third-order valence-electron chi connectivity index (χ3n) is 1.87. The molecule has 1 amide bonds. The summed E-state index contributed by atoms with van der Waals surface area (Å²) in [6.07, 6.45) is 0. The van der Waals surface area contributed by atoms with Crippen LogP contribution in [-0.4, -0.2) is 25.0 Å². The monoisotopic (exact) mass is 319 g/mol. The first kappa shape index (κ1) is 14.0. The Labute approximate surface area is 112 Å². The van der Waals surface area contributed by atoms with Crippen LogP contribution in [0.1, 0.15) is 17.3 Å². The highest BCUT2D eigenvalue weighted by Crippen LogP contribution is 2.21. The molecule has 1 aromatic rings. The first-order valence-corrected chi connectivity index (χ1v) is 6.10. The van der Waals surface area contributed by atoms with Crippen molar-refractivity contribution in [3.8, 4) is 0 Å². The molecular weight excluding hydrogens is 309 g/mol. The van der Waals surface area contributed by atoms with Crippen LogP contribution < -0.4 is 5.32 Å². The lowest BCUT2D eigenvalue weighted by Gasteiger charge is -2.06. The normalized spacial score (nSPS) is 9.82. The Balaban J connectivity index is 2.61. The number of hydrogen-bond donors (Lipinski definition) is 1. The molecule has 0 aliphatic heterocycles. The molecule has 4 nitrogen and oxygen atoms in total. The number of hydrogen-bond acceptors (Lipinski definition) is 3. The van der Waals surface area contributed by atoms with E-state index in [0.717, 1.165) is 4.47 Å². The second-order valence-electron chi connectivity index (χ2n) is 3.11. The summed E-state index contributed by atoms with van der Waals surface area (Å²) in [5.74, 6) is -0.885. The fraction of sp³-hybridized carbons (Fsp3) is 0.273. The summed E-state index contributed by atoms with van der Waals surface area (Å²) in [7, 11) is 0. The number of ether oxygens (including phenoxy) is 1. The number of nitrogens with one attached hydrogen (secondary N) is 1. The quantitative estimate of drug-likeness (QED) is 0.867. The molecular formula is C11H11BrClNO3. The van der Waals surface area contributed by atoms with Gasteiger partial charge in [0.25, 0.3) is 5.91 Å². The smallest absolute Gasteiger partial charge is 0.325 e. The molecule has 0 atom stereocenters. The predicted octanol–water partition coefficient (Wildman–Crippen LogP) is 2.40. The topological polar surface area (TPSA) is 55.4 Å². The van der Waals surface area contributed by atoms with Gasteiger partial charge in [-0.3, -0.25) is 9.59 Å². The molecule has 17 heavy (non-hydrogen) atoms. The average Bonchev–Trinajstić information content (AvgIpc) is 2.26. The summed E-state index contributed by atoms with van der Waals surface area (Å²) in [5, 5.41) is 2.75. The third-order valence-corrected chi connectivity index (χ3v) is 2.68. The molecule has 0 fully saturated rings. The highest BCUT2D eigenvalue weighted by Gasteiger charge is 2.11. The van der Waals surface area contributed by atoms with E-state index in [9.17, 15) is 9.59 Å². The van der Waals surface area contributed by atoms with Crippen LogP contribution in [0.2, 0.25) is 5.02 Å². The van der Waals surface area contributed by atoms with Gasteiger partial charge < -0.3 is 10.1 Å². The van der Waals surface area contributed by atoms with Crippen LogP contribution in [0.5, 0.6) is 0 Å². The van der Waals surface area contributed by atoms with E-state index in [4.69, 9.17) is 11.6 Å². The van der Waals surface area contributed by atoms with Crippen molar-refractivity contribution in [3.63, 3.8) is 0 Å². The molecule has 0 spiro atoms. The Bertz CT molecular complexity index is 437. The lowest BCUT2D eigenvalue weighted by molar-refractivity contribution is -0.141. The average molecular weight is 321 g/mol. The minimum Gasteiger partial charge on any atom is -0.465 e. The first-order chi connectivity index (χ1) is 8.04. The van der Waals surface area contributed by atoms with Crippen LogP contribution in [0.15, 0.2) is 22.7 Å². The summed E-state index contributed by atoms with van der Waals surface area (Å²) >= 11 is 9.13. The van der Waals surface area contributed by atoms with Crippen LogP contribution in [0.3, 0.4) is 0 Å². The number of benzene rings is 1. The van der Waals surface area contributed by atoms with E-state index in [1.54, 1.807) is 25.1 Å². The van der Waals surface area contributed by atoms with E-state index in [0.29, 0.717) is 10.6 Å². The van der Waals surface area contributed by atoms with E-state index in [1.165, 1.54) is 0 Å². The van der Waals surface area contributed by atoms with E-state index in [2.05, 4.69) is 26.0 Å². The third kappa shape index (κ3) is 4.36. The number of rotatable bonds is 4. The molecule has 0 bridgehead atoms. The number of carbonyl (C=O) groups is 2. The first-order valence-electron chi connectivity index (χ1n) is 4.93. The zero-order valence-corrected chi connectivity index (χ0v) is 11.5. The maximum absolute atomic E-state index is 11.7. The van der Waals surface area contributed by atoms with Gasteiger partial charge in [-0.05, 0) is 25.1 Å². The minimum absolute atomic E-state index is 0.168. The van der Waals surface area contributed by atoms with E-state index in [-0.39, 0.29) is 13.2 Å². The molecule has 0 aromatic heterocycles. The van der Waals surface area contributed by atoms with Gasteiger partial charge in [0.15, 0.2) is 0 Å². The zero-order chi connectivity index (χ0) is 12.8. The standard InChI is InChI=1S/C11H11BrClNO3/c1-2-17-10(15)6-14-11(16)8-4-3-7(12)5-9(8)13/h3-5H,2,6H2,1H3,(H,14,16). The number of carbonyl (C=O) groups excluding carboxylic acids is 2. The summed E-state index contributed by atoms with van der Waals surface area (Å²) in [6, 6.07) is 4.89. The molecule has 0 unspecified atom stereocenters. The second kappa shape index (κ2) is 6.61. The molecule has 0 saturated carbocycles. The Kier molecular flexibility index (Phi) is 5.44. The molecule has 1 N–H and O–H groups in total. The van der Waals surface area contributed by atoms with Gasteiger partial charge in [0.1, 0.15) is 6.54 Å². The fourth-order valence-corrected chi connectivity index (χ4v) is 1.89. The van der Waals surface area contributed by atoms with Crippen LogP contribution in [-0.2, 0) is 9.53 Å². The second-order valence-corrected chi connectivity index (χ2v) is 4.43. The highest BCUT2D eigenvalue weighted by molar-refractivity contribution is 9.10. The van der Waals surface area contributed by atoms with Crippen LogP contribution in [0, 0.1) is 0 Å². The summed E-state index contributed by atoms with van der Waals surface area (Å²) in [6.45, 7) is 1.82. The number of esters is 1. The Morgan fingerprint density at radius 3 is 2.76 bits per heavy atom. The van der Waals surface area contributed by atoms with Crippen molar-refractivity contribution in [2.24, 2.45) is 0 Å². The molecule has 0 heterocycles.